The molecule has 164 valence electrons. The maximum absolute atomic E-state index is 13.9. The largest absolute Gasteiger partial charge is 0.461 e. The van der Waals surface area contributed by atoms with Crippen LogP contribution in [-0.4, -0.2) is 48.6 Å². The molecule has 0 saturated heterocycles. The predicted molar refractivity (Wildman–Crippen MR) is 76.1 cm³/mol. The van der Waals surface area contributed by atoms with Crippen LogP contribution in [0.1, 0.15) is 33.1 Å². The molecule has 0 saturated carbocycles. The van der Waals surface area contributed by atoms with Gasteiger partial charge in [-0.3, -0.25) is 0 Å². The SMILES string of the molecule is C=C(C)C(=O)OC(CC)C(F)(F)C(=O)OCCCC(F)(C(F)(F)F)C(F)(F)F. The third kappa shape index (κ3) is 6.03. The summed E-state index contributed by atoms with van der Waals surface area (Å²) in [7, 11) is 0. The van der Waals surface area contributed by atoms with Crippen molar-refractivity contribution in [1.82, 2.24) is 0 Å². The zero-order chi connectivity index (χ0) is 22.6. The molecule has 0 heterocycles. The average molecular weight is 432 g/mol. The zero-order valence-corrected chi connectivity index (χ0v) is 14.6. The van der Waals surface area contributed by atoms with Gasteiger partial charge in [0.2, 0.25) is 0 Å². The van der Waals surface area contributed by atoms with Crippen LogP contribution in [0.5, 0.6) is 0 Å². The minimum absolute atomic E-state index is 0.263. The van der Waals surface area contributed by atoms with Gasteiger partial charge in [0, 0.05) is 12.0 Å². The van der Waals surface area contributed by atoms with E-state index >= 15 is 0 Å². The maximum atomic E-state index is 13.9. The summed E-state index contributed by atoms with van der Waals surface area (Å²) in [5.41, 5.74) is -5.85. The fourth-order valence-electron chi connectivity index (χ4n) is 1.80. The Labute approximate surface area is 153 Å². The first-order valence-corrected chi connectivity index (χ1v) is 7.65. The molecule has 0 aliphatic carbocycles. The van der Waals surface area contributed by atoms with E-state index in [-0.39, 0.29) is 5.57 Å². The van der Waals surface area contributed by atoms with Gasteiger partial charge in [0.1, 0.15) is 0 Å². The monoisotopic (exact) mass is 432 g/mol. The number of hydrogen-bond donors (Lipinski definition) is 0. The molecule has 0 aromatic carbocycles. The summed E-state index contributed by atoms with van der Waals surface area (Å²) in [4.78, 5) is 22.7. The Bertz CT molecular complexity index is 567. The Kier molecular flexibility index (Phi) is 8.40. The molecule has 0 aliphatic rings. The van der Waals surface area contributed by atoms with Crippen LogP contribution in [-0.2, 0) is 19.1 Å². The lowest BCUT2D eigenvalue weighted by Gasteiger charge is -2.30. The van der Waals surface area contributed by atoms with Crippen molar-refractivity contribution in [2.45, 2.75) is 63.2 Å². The Morgan fingerprint density at radius 3 is 1.79 bits per heavy atom. The highest BCUT2D eigenvalue weighted by molar-refractivity contribution is 5.87. The number of carbonyl (C=O) groups is 2. The molecular weight excluding hydrogens is 415 g/mol. The number of rotatable bonds is 9. The van der Waals surface area contributed by atoms with Gasteiger partial charge in [-0.05, 0) is 19.8 Å². The first-order valence-electron chi connectivity index (χ1n) is 7.65. The minimum atomic E-state index is -6.30. The first kappa shape index (κ1) is 26.1. The third-order valence-corrected chi connectivity index (χ3v) is 3.44. The summed E-state index contributed by atoms with van der Waals surface area (Å²) in [6.45, 7) is 4.04. The molecule has 0 bridgehead atoms. The molecule has 0 aromatic rings. The molecule has 13 heteroatoms. The van der Waals surface area contributed by atoms with Gasteiger partial charge in [-0.1, -0.05) is 13.5 Å². The molecular formula is C15H17F9O4. The number of ether oxygens (including phenoxy) is 2. The van der Waals surface area contributed by atoms with Gasteiger partial charge in [-0.15, -0.1) is 0 Å². The normalized spacial score (nSPS) is 14.4. The fourth-order valence-corrected chi connectivity index (χ4v) is 1.80. The van der Waals surface area contributed by atoms with Crippen LogP contribution in [0.15, 0.2) is 12.2 Å². The van der Waals surface area contributed by atoms with E-state index in [1.54, 1.807) is 0 Å². The van der Waals surface area contributed by atoms with Gasteiger partial charge in [-0.25, -0.2) is 14.0 Å². The van der Waals surface area contributed by atoms with E-state index in [4.69, 9.17) is 0 Å². The van der Waals surface area contributed by atoms with Crippen molar-refractivity contribution in [1.29, 1.82) is 0 Å². The minimum Gasteiger partial charge on any atom is -0.461 e. The van der Waals surface area contributed by atoms with Crippen molar-refractivity contribution in [3.05, 3.63) is 12.2 Å². The average Bonchev–Trinajstić information content (AvgIpc) is 2.53. The Morgan fingerprint density at radius 2 is 1.43 bits per heavy atom. The zero-order valence-electron chi connectivity index (χ0n) is 14.6. The molecule has 0 fully saturated rings. The molecule has 28 heavy (non-hydrogen) atoms. The molecule has 4 nitrogen and oxygen atoms in total. The number of halogens is 9. The highest BCUT2D eigenvalue weighted by atomic mass is 19.4. The van der Waals surface area contributed by atoms with Crippen molar-refractivity contribution in [3.63, 3.8) is 0 Å². The second kappa shape index (κ2) is 9.03. The van der Waals surface area contributed by atoms with Gasteiger partial charge in [0.05, 0.1) is 6.61 Å². The summed E-state index contributed by atoms with van der Waals surface area (Å²) >= 11 is 0. The Morgan fingerprint density at radius 1 is 0.964 bits per heavy atom. The van der Waals surface area contributed by atoms with E-state index in [1.165, 1.54) is 0 Å². The van der Waals surface area contributed by atoms with E-state index in [2.05, 4.69) is 16.1 Å². The van der Waals surface area contributed by atoms with Crippen molar-refractivity contribution >= 4 is 11.9 Å². The third-order valence-electron chi connectivity index (χ3n) is 3.44. The first-order chi connectivity index (χ1) is 12.4. The van der Waals surface area contributed by atoms with Crippen LogP contribution >= 0.6 is 0 Å². The second-order valence-corrected chi connectivity index (χ2v) is 5.74. The standard InChI is InChI=1S/C15H17F9O4/c1-4-9(28-10(25)8(2)3)13(17,18)11(26)27-7-5-6-12(16,14(19,20)21)15(22,23)24/h9H,2,4-7H2,1,3H3. The summed E-state index contributed by atoms with van der Waals surface area (Å²) in [6, 6.07) is 0. The van der Waals surface area contributed by atoms with E-state index in [0.29, 0.717) is 0 Å². The van der Waals surface area contributed by atoms with Gasteiger partial charge < -0.3 is 9.47 Å². The van der Waals surface area contributed by atoms with Gasteiger partial charge in [0.25, 0.3) is 5.67 Å². The highest BCUT2D eigenvalue weighted by Crippen LogP contribution is 2.48. The lowest BCUT2D eigenvalue weighted by molar-refractivity contribution is -0.343. The van der Waals surface area contributed by atoms with Gasteiger partial charge >= 0.3 is 30.2 Å². The van der Waals surface area contributed by atoms with Crippen molar-refractivity contribution < 1.29 is 58.6 Å². The topological polar surface area (TPSA) is 52.6 Å². The van der Waals surface area contributed by atoms with Gasteiger partial charge in [-0.2, -0.15) is 35.1 Å². The molecule has 0 radical (unpaired) electrons. The van der Waals surface area contributed by atoms with Crippen molar-refractivity contribution in [3.8, 4) is 0 Å². The Balaban J connectivity index is 4.96. The van der Waals surface area contributed by atoms with E-state index in [9.17, 15) is 49.1 Å². The predicted octanol–water partition coefficient (Wildman–Crippen LogP) is 4.68. The van der Waals surface area contributed by atoms with Crippen LogP contribution in [0.3, 0.4) is 0 Å². The molecule has 0 aliphatic heterocycles. The van der Waals surface area contributed by atoms with Crippen LogP contribution in [0.4, 0.5) is 39.5 Å². The lowest BCUT2D eigenvalue weighted by Crippen LogP contribution is -2.53. The summed E-state index contributed by atoms with van der Waals surface area (Å²) in [5, 5.41) is 0. The smallest absolute Gasteiger partial charge is 0.431 e. The van der Waals surface area contributed by atoms with E-state index < -0.39 is 67.9 Å². The molecule has 0 aromatic heterocycles. The van der Waals surface area contributed by atoms with Crippen LogP contribution in [0.2, 0.25) is 0 Å². The summed E-state index contributed by atoms with van der Waals surface area (Å²) in [5.74, 6) is -8.05. The summed E-state index contributed by atoms with van der Waals surface area (Å²) < 4.78 is 124. The number of esters is 2. The van der Waals surface area contributed by atoms with E-state index in [0.717, 1.165) is 13.8 Å². The Hall–Kier alpha value is -1.95. The van der Waals surface area contributed by atoms with Crippen LogP contribution in [0.25, 0.3) is 0 Å². The quantitative estimate of drug-likeness (QED) is 0.230. The van der Waals surface area contributed by atoms with Crippen molar-refractivity contribution in [2.75, 3.05) is 6.61 Å². The molecule has 0 N–H and O–H groups in total. The number of carbonyl (C=O) groups excluding carboxylic acids is 2. The van der Waals surface area contributed by atoms with Crippen LogP contribution in [0, 0.1) is 0 Å². The second-order valence-electron chi connectivity index (χ2n) is 5.74. The van der Waals surface area contributed by atoms with Crippen molar-refractivity contribution in [2.24, 2.45) is 0 Å². The van der Waals surface area contributed by atoms with Gasteiger partial charge in [0.15, 0.2) is 6.10 Å². The van der Waals surface area contributed by atoms with Crippen LogP contribution < -0.4 is 0 Å². The number of hydrogen-bond acceptors (Lipinski definition) is 4. The molecule has 1 atom stereocenters. The fraction of sp³-hybridized carbons (Fsp3) is 0.733. The molecule has 0 spiro atoms. The van der Waals surface area contributed by atoms with E-state index in [1.807, 2.05) is 0 Å². The molecule has 0 rings (SSSR count). The molecule has 1 unspecified atom stereocenters. The summed E-state index contributed by atoms with van der Waals surface area (Å²) in [6.07, 6.45) is -19.0. The lowest BCUT2D eigenvalue weighted by atomic mass is 9.98. The highest BCUT2D eigenvalue weighted by Gasteiger charge is 2.71. The molecule has 0 amide bonds. The number of alkyl halides is 9. The maximum Gasteiger partial charge on any atom is 0.431 e.